The van der Waals surface area contributed by atoms with Gasteiger partial charge in [-0.15, -0.1) is 45.5 Å². The highest BCUT2D eigenvalue weighted by Gasteiger charge is 2.12. The van der Waals surface area contributed by atoms with Crippen molar-refractivity contribution in [3.05, 3.63) is 52.7 Å². The molecule has 1 aliphatic heterocycles. The van der Waals surface area contributed by atoms with Gasteiger partial charge in [0.1, 0.15) is 12.9 Å². The monoisotopic (exact) mass is 540 g/mol. The second-order valence-electron chi connectivity index (χ2n) is 6.62. The van der Waals surface area contributed by atoms with Crippen molar-refractivity contribution in [2.45, 2.75) is 19.4 Å². The number of hydrogen-bond donors (Lipinski definition) is 2. The van der Waals surface area contributed by atoms with Crippen LogP contribution in [0.25, 0.3) is 0 Å². The number of aliphatic imine (C=N–C) groups is 1. The van der Waals surface area contributed by atoms with Crippen LogP contribution in [0.2, 0.25) is 0 Å². The van der Waals surface area contributed by atoms with Gasteiger partial charge >= 0.3 is 0 Å². The molecule has 0 unspecified atom stereocenters. The summed E-state index contributed by atoms with van der Waals surface area (Å²) >= 11 is 1.76. The maximum atomic E-state index is 5.79. The number of nitrogens with zero attached hydrogens (tertiary/aromatic N) is 4. The Bertz CT molecular complexity index is 960. The van der Waals surface area contributed by atoms with E-state index >= 15 is 0 Å². The summed E-state index contributed by atoms with van der Waals surface area (Å²) < 4.78 is 13.4. The average molecular weight is 540 g/mol. The standard InChI is InChI=1S/C20H24N6O2S.HI/c1-26-14-23-25-19(26)13-22-20(21-8-7-16-4-2-11-29-16)24-15-5-6-17-18(12-15)28-10-3-9-27-17;/h2,4-6,11-12,14H,3,7-10,13H2,1H3,(H2,21,22,24);1H. The number of fused-ring (bicyclic) bond motifs is 1. The molecule has 3 aromatic rings. The Hall–Kier alpha value is -2.34. The van der Waals surface area contributed by atoms with E-state index in [9.17, 15) is 0 Å². The normalized spacial score (nSPS) is 13.3. The lowest BCUT2D eigenvalue weighted by Crippen LogP contribution is -2.32. The molecule has 8 nitrogen and oxygen atoms in total. The van der Waals surface area contributed by atoms with Crippen LogP contribution in [-0.4, -0.2) is 40.5 Å². The first-order chi connectivity index (χ1) is 14.3. The zero-order valence-electron chi connectivity index (χ0n) is 16.7. The van der Waals surface area contributed by atoms with Crippen LogP contribution < -0.4 is 20.1 Å². The molecule has 0 aliphatic carbocycles. The molecular formula is C20H25IN6O2S. The summed E-state index contributed by atoms with van der Waals surface area (Å²) in [5, 5.41) is 16.9. The Labute approximate surface area is 196 Å². The topological polar surface area (TPSA) is 85.6 Å². The highest BCUT2D eigenvalue weighted by molar-refractivity contribution is 14.0. The van der Waals surface area contributed by atoms with Crippen LogP contribution in [0.4, 0.5) is 5.69 Å². The quantitative estimate of drug-likeness (QED) is 0.283. The number of hydrogen-bond acceptors (Lipinski definition) is 6. The van der Waals surface area contributed by atoms with Gasteiger partial charge in [0.15, 0.2) is 23.3 Å². The molecule has 1 aromatic carbocycles. The fraction of sp³-hybridized carbons (Fsp3) is 0.350. The lowest BCUT2D eigenvalue weighted by atomic mass is 10.2. The van der Waals surface area contributed by atoms with Crippen LogP contribution in [0.15, 0.2) is 47.0 Å². The number of thiophene rings is 1. The number of ether oxygens (including phenoxy) is 2. The third kappa shape index (κ3) is 6.08. The summed E-state index contributed by atoms with van der Waals surface area (Å²) in [5.74, 6) is 3.00. The molecule has 160 valence electrons. The molecule has 0 saturated heterocycles. The Kier molecular flexibility index (Phi) is 8.31. The Morgan fingerprint density at radius 3 is 2.87 bits per heavy atom. The molecule has 0 atom stereocenters. The van der Waals surface area contributed by atoms with Gasteiger partial charge in [0.05, 0.1) is 13.2 Å². The number of halogens is 1. The van der Waals surface area contributed by atoms with Crippen molar-refractivity contribution in [3.8, 4) is 11.5 Å². The van der Waals surface area contributed by atoms with Crippen LogP contribution in [0.3, 0.4) is 0 Å². The van der Waals surface area contributed by atoms with Crippen molar-refractivity contribution in [3.63, 3.8) is 0 Å². The second kappa shape index (κ2) is 11.2. The SMILES string of the molecule is Cn1cnnc1CN=C(NCCc1cccs1)Nc1ccc2c(c1)OCCCO2.I. The minimum absolute atomic E-state index is 0. The highest BCUT2D eigenvalue weighted by Crippen LogP contribution is 2.32. The van der Waals surface area contributed by atoms with Gasteiger partial charge in [-0.3, -0.25) is 0 Å². The molecular weight excluding hydrogens is 515 g/mol. The van der Waals surface area contributed by atoms with Crippen LogP contribution in [0, 0.1) is 0 Å². The molecule has 0 spiro atoms. The number of anilines is 1. The Morgan fingerprint density at radius 1 is 1.23 bits per heavy atom. The zero-order valence-corrected chi connectivity index (χ0v) is 19.9. The first-order valence-electron chi connectivity index (χ1n) is 9.58. The number of guanidine groups is 1. The number of rotatable bonds is 6. The van der Waals surface area contributed by atoms with Crippen molar-refractivity contribution in [1.82, 2.24) is 20.1 Å². The van der Waals surface area contributed by atoms with E-state index < -0.39 is 0 Å². The minimum Gasteiger partial charge on any atom is -0.490 e. The largest absolute Gasteiger partial charge is 0.490 e. The van der Waals surface area contributed by atoms with Gasteiger partial charge in [0, 0.05) is 36.6 Å². The van der Waals surface area contributed by atoms with Gasteiger partial charge in [-0.2, -0.15) is 0 Å². The number of aromatic nitrogens is 3. The van der Waals surface area contributed by atoms with Crippen molar-refractivity contribution in [2.24, 2.45) is 12.0 Å². The fourth-order valence-electron chi connectivity index (χ4n) is 2.88. The Morgan fingerprint density at radius 2 is 2.10 bits per heavy atom. The molecule has 1 aliphatic rings. The van der Waals surface area contributed by atoms with Gasteiger partial charge in [0.2, 0.25) is 0 Å². The molecule has 0 amide bonds. The van der Waals surface area contributed by atoms with Gasteiger partial charge in [0.25, 0.3) is 0 Å². The summed E-state index contributed by atoms with van der Waals surface area (Å²) in [6, 6.07) is 10.0. The number of benzene rings is 1. The van der Waals surface area contributed by atoms with E-state index in [-0.39, 0.29) is 24.0 Å². The van der Waals surface area contributed by atoms with Crippen molar-refractivity contribution in [1.29, 1.82) is 0 Å². The lowest BCUT2D eigenvalue weighted by Gasteiger charge is -2.14. The third-order valence-electron chi connectivity index (χ3n) is 4.44. The maximum Gasteiger partial charge on any atom is 0.196 e. The number of nitrogens with one attached hydrogen (secondary N) is 2. The Balaban J connectivity index is 0.00000256. The van der Waals surface area contributed by atoms with E-state index in [4.69, 9.17) is 9.47 Å². The van der Waals surface area contributed by atoms with E-state index in [1.165, 1.54) is 4.88 Å². The number of aryl methyl sites for hydroxylation is 1. The molecule has 30 heavy (non-hydrogen) atoms. The van der Waals surface area contributed by atoms with Gasteiger partial charge < -0.3 is 24.7 Å². The molecule has 2 aromatic heterocycles. The van der Waals surface area contributed by atoms with E-state index in [1.54, 1.807) is 17.7 Å². The molecule has 3 heterocycles. The van der Waals surface area contributed by atoms with Crippen molar-refractivity contribution >= 4 is 47.0 Å². The zero-order chi connectivity index (χ0) is 19.9. The van der Waals surface area contributed by atoms with Crippen LogP contribution in [0.5, 0.6) is 11.5 Å². The minimum atomic E-state index is 0. The highest BCUT2D eigenvalue weighted by atomic mass is 127. The molecule has 0 saturated carbocycles. The first kappa shape index (κ1) is 22.3. The molecule has 0 bridgehead atoms. The summed E-state index contributed by atoms with van der Waals surface area (Å²) in [6.45, 7) is 2.53. The summed E-state index contributed by atoms with van der Waals surface area (Å²) in [4.78, 5) is 6.01. The lowest BCUT2D eigenvalue weighted by molar-refractivity contribution is 0.297. The summed E-state index contributed by atoms with van der Waals surface area (Å²) in [5.41, 5.74) is 0.884. The van der Waals surface area contributed by atoms with E-state index in [1.807, 2.05) is 29.8 Å². The summed E-state index contributed by atoms with van der Waals surface area (Å²) in [6.07, 6.45) is 3.49. The van der Waals surface area contributed by atoms with Crippen LogP contribution >= 0.6 is 35.3 Å². The molecule has 2 N–H and O–H groups in total. The third-order valence-corrected chi connectivity index (χ3v) is 5.37. The second-order valence-corrected chi connectivity index (χ2v) is 7.65. The predicted molar refractivity (Wildman–Crippen MR) is 129 cm³/mol. The summed E-state index contributed by atoms with van der Waals surface area (Å²) in [7, 11) is 1.91. The van der Waals surface area contributed by atoms with E-state index in [0.717, 1.165) is 42.4 Å². The first-order valence-corrected chi connectivity index (χ1v) is 10.5. The maximum absolute atomic E-state index is 5.79. The molecule has 0 radical (unpaired) electrons. The van der Waals surface area contributed by atoms with Crippen LogP contribution in [-0.2, 0) is 20.0 Å². The smallest absolute Gasteiger partial charge is 0.196 e. The van der Waals surface area contributed by atoms with Crippen LogP contribution in [0.1, 0.15) is 17.1 Å². The van der Waals surface area contributed by atoms with Crippen molar-refractivity contribution in [2.75, 3.05) is 25.1 Å². The molecule has 10 heteroatoms. The van der Waals surface area contributed by atoms with Gasteiger partial charge in [-0.25, -0.2) is 4.99 Å². The predicted octanol–water partition coefficient (Wildman–Crippen LogP) is 3.46. The average Bonchev–Trinajstić information content (AvgIpc) is 3.32. The van der Waals surface area contributed by atoms with Crippen molar-refractivity contribution < 1.29 is 9.47 Å². The fourth-order valence-corrected chi connectivity index (χ4v) is 3.59. The molecule has 4 rings (SSSR count). The van der Waals surface area contributed by atoms with Gasteiger partial charge in [-0.05, 0) is 30.0 Å². The van der Waals surface area contributed by atoms with E-state index in [2.05, 4.69) is 43.3 Å². The van der Waals surface area contributed by atoms with E-state index in [0.29, 0.717) is 25.7 Å². The van der Waals surface area contributed by atoms with Gasteiger partial charge in [-0.1, -0.05) is 6.07 Å². The molecule has 0 fully saturated rings.